The number of carbonyl (C=O) groups is 1. The molecular formula is C22H28N2O. The van der Waals surface area contributed by atoms with Gasteiger partial charge < -0.3 is 10.2 Å². The summed E-state index contributed by atoms with van der Waals surface area (Å²) in [6.07, 6.45) is 4.47. The van der Waals surface area contributed by atoms with Gasteiger partial charge in [-0.05, 0) is 62.4 Å². The summed E-state index contributed by atoms with van der Waals surface area (Å²) in [5.41, 5.74) is 5.71. The summed E-state index contributed by atoms with van der Waals surface area (Å²) in [4.78, 5) is 15.0. The van der Waals surface area contributed by atoms with E-state index >= 15 is 0 Å². The van der Waals surface area contributed by atoms with Crippen LogP contribution < -0.4 is 5.32 Å². The highest BCUT2D eigenvalue weighted by Crippen LogP contribution is 2.31. The van der Waals surface area contributed by atoms with Crippen molar-refractivity contribution in [2.24, 2.45) is 0 Å². The SMILES string of the molecule is Cc1ccc([C@H]2CCCCCN2C(=O)Nc2cc(C)cc(C)c2)cc1. The molecule has 1 aliphatic heterocycles. The van der Waals surface area contributed by atoms with Crippen LogP contribution >= 0.6 is 0 Å². The minimum atomic E-state index is 0.0116. The van der Waals surface area contributed by atoms with Crippen LogP contribution in [0.5, 0.6) is 0 Å². The van der Waals surface area contributed by atoms with Crippen LogP contribution in [0.1, 0.15) is 54.0 Å². The fourth-order valence-corrected chi connectivity index (χ4v) is 3.73. The number of likely N-dealkylation sites (tertiary alicyclic amines) is 1. The van der Waals surface area contributed by atoms with E-state index in [1.807, 2.05) is 17.0 Å². The molecule has 0 aromatic heterocycles. The van der Waals surface area contributed by atoms with E-state index in [1.54, 1.807) is 0 Å². The molecule has 1 aliphatic rings. The van der Waals surface area contributed by atoms with E-state index in [2.05, 4.69) is 56.4 Å². The summed E-state index contributed by atoms with van der Waals surface area (Å²) in [7, 11) is 0. The maximum absolute atomic E-state index is 13.0. The Bertz CT molecular complexity index is 716. The van der Waals surface area contributed by atoms with Gasteiger partial charge in [0, 0.05) is 12.2 Å². The van der Waals surface area contributed by atoms with E-state index in [9.17, 15) is 4.79 Å². The fraction of sp³-hybridized carbons (Fsp3) is 0.409. The monoisotopic (exact) mass is 336 g/mol. The van der Waals surface area contributed by atoms with E-state index in [0.717, 1.165) is 25.1 Å². The van der Waals surface area contributed by atoms with Crippen molar-refractivity contribution < 1.29 is 4.79 Å². The fourth-order valence-electron chi connectivity index (χ4n) is 3.73. The number of hydrogen-bond acceptors (Lipinski definition) is 1. The standard InChI is InChI=1S/C22H28N2O/c1-16-8-10-19(11-9-16)21-7-5-4-6-12-24(21)22(25)23-20-14-17(2)13-18(3)15-20/h8-11,13-15,21H,4-7,12H2,1-3H3,(H,23,25)/t21-/m1/s1. The largest absolute Gasteiger partial charge is 0.322 e. The number of rotatable bonds is 2. The maximum Gasteiger partial charge on any atom is 0.322 e. The van der Waals surface area contributed by atoms with Crippen molar-refractivity contribution in [3.05, 3.63) is 64.7 Å². The van der Waals surface area contributed by atoms with Gasteiger partial charge in [0.05, 0.1) is 6.04 Å². The molecule has 0 radical (unpaired) electrons. The first kappa shape index (κ1) is 17.5. The van der Waals surface area contributed by atoms with Gasteiger partial charge in [-0.3, -0.25) is 0 Å². The van der Waals surface area contributed by atoms with Crippen molar-refractivity contribution >= 4 is 11.7 Å². The Kier molecular flexibility index (Phi) is 5.42. The average Bonchev–Trinajstić information content (AvgIpc) is 2.80. The molecule has 1 saturated heterocycles. The van der Waals surface area contributed by atoms with E-state index in [-0.39, 0.29) is 12.1 Å². The molecule has 1 N–H and O–H groups in total. The third kappa shape index (κ3) is 4.41. The molecule has 2 aromatic carbocycles. The van der Waals surface area contributed by atoms with Crippen molar-refractivity contribution in [2.45, 2.75) is 52.5 Å². The molecule has 0 bridgehead atoms. The van der Waals surface area contributed by atoms with Crippen molar-refractivity contribution in [1.29, 1.82) is 0 Å². The van der Waals surface area contributed by atoms with Gasteiger partial charge in [0.15, 0.2) is 0 Å². The molecule has 25 heavy (non-hydrogen) atoms. The van der Waals surface area contributed by atoms with E-state index in [0.29, 0.717) is 0 Å². The van der Waals surface area contributed by atoms with Gasteiger partial charge in [0.2, 0.25) is 0 Å². The van der Waals surface area contributed by atoms with Gasteiger partial charge in [-0.1, -0.05) is 48.7 Å². The topological polar surface area (TPSA) is 32.3 Å². The summed E-state index contributed by atoms with van der Waals surface area (Å²) in [6.45, 7) is 7.03. The third-order valence-corrected chi connectivity index (χ3v) is 4.95. The molecule has 2 amide bonds. The summed E-state index contributed by atoms with van der Waals surface area (Å²) < 4.78 is 0. The first-order chi connectivity index (χ1) is 12.0. The van der Waals surface area contributed by atoms with Crippen molar-refractivity contribution in [3.8, 4) is 0 Å². The molecule has 1 atom stereocenters. The van der Waals surface area contributed by atoms with Gasteiger partial charge in [-0.2, -0.15) is 0 Å². The van der Waals surface area contributed by atoms with Crippen LogP contribution in [-0.4, -0.2) is 17.5 Å². The highest BCUT2D eigenvalue weighted by atomic mass is 16.2. The summed E-state index contributed by atoms with van der Waals surface area (Å²) in [6, 6.07) is 15.0. The van der Waals surface area contributed by atoms with Gasteiger partial charge in [-0.25, -0.2) is 4.79 Å². The quantitative estimate of drug-likeness (QED) is 0.743. The molecule has 132 valence electrons. The van der Waals surface area contributed by atoms with E-state index in [4.69, 9.17) is 0 Å². The van der Waals surface area contributed by atoms with Crippen LogP contribution in [0.15, 0.2) is 42.5 Å². The van der Waals surface area contributed by atoms with Crippen LogP contribution in [0.25, 0.3) is 0 Å². The van der Waals surface area contributed by atoms with E-state index < -0.39 is 0 Å². The lowest BCUT2D eigenvalue weighted by Crippen LogP contribution is -2.38. The Hall–Kier alpha value is -2.29. The molecular weight excluding hydrogens is 308 g/mol. The smallest absolute Gasteiger partial charge is 0.317 e. The summed E-state index contributed by atoms with van der Waals surface area (Å²) in [5, 5.41) is 3.12. The van der Waals surface area contributed by atoms with Crippen LogP contribution in [0, 0.1) is 20.8 Å². The number of benzene rings is 2. The second kappa shape index (κ2) is 7.73. The van der Waals surface area contributed by atoms with Crippen LogP contribution in [0.2, 0.25) is 0 Å². The average molecular weight is 336 g/mol. The van der Waals surface area contributed by atoms with Crippen molar-refractivity contribution in [2.75, 3.05) is 11.9 Å². The molecule has 0 spiro atoms. The Labute approximate surface area is 151 Å². The number of amides is 2. The molecule has 2 aromatic rings. The Balaban J connectivity index is 1.82. The molecule has 0 unspecified atom stereocenters. The molecule has 1 heterocycles. The van der Waals surface area contributed by atoms with E-state index in [1.165, 1.54) is 35.1 Å². The van der Waals surface area contributed by atoms with Crippen LogP contribution in [0.3, 0.4) is 0 Å². The zero-order chi connectivity index (χ0) is 17.8. The number of hydrogen-bond donors (Lipinski definition) is 1. The maximum atomic E-state index is 13.0. The number of anilines is 1. The highest BCUT2D eigenvalue weighted by molar-refractivity contribution is 5.89. The minimum Gasteiger partial charge on any atom is -0.317 e. The zero-order valence-electron chi connectivity index (χ0n) is 15.5. The Morgan fingerprint density at radius 3 is 2.28 bits per heavy atom. The highest BCUT2D eigenvalue weighted by Gasteiger charge is 2.26. The lowest BCUT2D eigenvalue weighted by Gasteiger charge is -2.30. The molecule has 3 rings (SSSR count). The molecule has 1 fully saturated rings. The number of aryl methyl sites for hydroxylation is 3. The number of nitrogens with zero attached hydrogens (tertiary/aromatic N) is 1. The Morgan fingerprint density at radius 2 is 1.60 bits per heavy atom. The van der Waals surface area contributed by atoms with Gasteiger partial charge >= 0.3 is 6.03 Å². The normalized spacial score (nSPS) is 17.9. The number of urea groups is 1. The summed E-state index contributed by atoms with van der Waals surface area (Å²) >= 11 is 0. The number of carbonyl (C=O) groups excluding carboxylic acids is 1. The molecule has 3 nitrogen and oxygen atoms in total. The first-order valence-electron chi connectivity index (χ1n) is 9.25. The lowest BCUT2D eigenvalue weighted by atomic mass is 10.00. The van der Waals surface area contributed by atoms with Crippen LogP contribution in [-0.2, 0) is 0 Å². The van der Waals surface area contributed by atoms with Gasteiger partial charge in [-0.15, -0.1) is 0 Å². The van der Waals surface area contributed by atoms with Gasteiger partial charge in [0.25, 0.3) is 0 Å². The predicted molar refractivity (Wildman–Crippen MR) is 104 cm³/mol. The van der Waals surface area contributed by atoms with Crippen LogP contribution in [0.4, 0.5) is 10.5 Å². The number of nitrogens with one attached hydrogen (secondary N) is 1. The van der Waals surface area contributed by atoms with Gasteiger partial charge in [0.1, 0.15) is 0 Å². The van der Waals surface area contributed by atoms with Crippen molar-refractivity contribution in [1.82, 2.24) is 4.90 Å². The zero-order valence-corrected chi connectivity index (χ0v) is 15.5. The minimum absolute atomic E-state index is 0.0116. The second-order valence-electron chi connectivity index (χ2n) is 7.28. The molecule has 0 saturated carbocycles. The predicted octanol–water partition coefficient (Wildman–Crippen LogP) is 5.76. The molecule has 3 heteroatoms. The molecule has 0 aliphatic carbocycles. The lowest BCUT2D eigenvalue weighted by molar-refractivity contribution is 0.189. The van der Waals surface area contributed by atoms with Crippen molar-refractivity contribution in [3.63, 3.8) is 0 Å². The second-order valence-corrected chi connectivity index (χ2v) is 7.28. The Morgan fingerprint density at radius 1 is 0.920 bits per heavy atom. The summed E-state index contributed by atoms with van der Waals surface area (Å²) in [5.74, 6) is 0. The first-order valence-corrected chi connectivity index (χ1v) is 9.25. The third-order valence-electron chi connectivity index (χ3n) is 4.95.